The van der Waals surface area contributed by atoms with E-state index >= 15 is 0 Å². The van der Waals surface area contributed by atoms with Gasteiger partial charge in [-0.15, -0.1) is 0 Å². The van der Waals surface area contributed by atoms with Crippen LogP contribution in [0.4, 0.5) is 0 Å². The first-order valence-electron chi connectivity index (χ1n) is 19.6. The Morgan fingerprint density at radius 2 is 0.650 bits per heavy atom. The second kappa shape index (κ2) is 16.2. The van der Waals surface area contributed by atoms with Crippen LogP contribution in [0.3, 0.4) is 0 Å². The van der Waals surface area contributed by atoms with Gasteiger partial charge in [0.05, 0.1) is 34.2 Å². The van der Waals surface area contributed by atoms with Crippen LogP contribution in [0.5, 0.6) is 0 Å². The Balaban J connectivity index is 1.05. The van der Waals surface area contributed by atoms with Crippen molar-refractivity contribution in [3.8, 4) is 102 Å². The molecule has 5 heterocycles. The Hall–Kier alpha value is -8.36. The van der Waals surface area contributed by atoms with E-state index in [2.05, 4.69) is 48.5 Å². The maximum Gasteiger partial charge on any atom is 0.164 e. The molecule has 282 valence electrons. The van der Waals surface area contributed by atoms with Gasteiger partial charge in [0.15, 0.2) is 23.3 Å². The standard InChI is InChI=1S/C52H34N8/c1-6-16-35(17-7-1)42-31-47(43-27-26-41(34-54-43)52-56-44(36-18-8-2-9-19-36)33-45(57-52)37-20-10-3-11-21-37)55-48(32-42)46-30-40(28-29-53-46)51-59-49(38-22-12-4-13-23-38)58-50(60-51)39-24-14-5-15-25-39/h1-34H. The number of rotatable bonds is 9. The summed E-state index contributed by atoms with van der Waals surface area (Å²) in [6.45, 7) is 0. The van der Waals surface area contributed by atoms with E-state index < -0.39 is 0 Å². The van der Waals surface area contributed by atoms with Crippen molar-refractivity contribution in [1.29, 1.82) is 0 Å². The van der Waals surface area contributed by atoms with Crippen LogP contribution in [-0.2, 0) is 0 Å². The van der Waals surface area contributed by atoms with Gasteiger partial charge >= 0.3 is 0 Å². The predicted molar refractivity (Wildman–Crippen MR) is 238 cm³/mol. The van der Waals surface area contributed by atoms with Crippen LogP contribution in [0.15, 0.2) is 207 Å². The van der Waals surface area contributed by atoms with E-state index in [1.165, 1.54) is 0 Å². The third kappa shape index (κ3) is 7.68. The van der Waals surface area contributed by atoms with E-state index in [0.29, 0.717) is 46.1 Å². The van der Waals surface area contributed by atoms with Crippen LogP contribution < -0.4 is 0 Å². The Bertz CT molecular complexity index is 2940. The van der Waals surface area contributed by atoms with Gasteiger partial charge in [-0.25, -0.2) is 29.9 Å². The Morgan fingerprint density at radius 1 is 0.217 bits per heavy atom. The molecule has 0 N–H and O–H groups in total. The molecule has 0 atom stereocenters. The highest BCUT2D eigenvalue weighted by Gasteiger charge is 2.17. The van der Waals surface area contributed by atoms with Crippen LogP contribution in [0.1, 0.15) is 0 Å². The molecule has 0 fully saturated rings. The Morgan fingerprint density at radius 3 is 1.15 bits per heavy atom. The monoisotopic (exact) mass is 770 g/mol. The molecule has 0 saturated carbocycles. The van der Waals surface area contributed by atoms with E-state index in [4.69, 9.17) is 39.9 Å². The third-order valence-electron chi connectivity index (χ3n) is 10.1. The topological polar surface area (TPSA) is 103 Å². The van der Waals surface area contributed by atoms with Gasteiger partial charge in [0.1, 0.15) is 0 Å². The van der Waals surface area contributed by atoms with Gasteiger partial charge in [-0.3, -0.25) is 9.97 Å². The summed E-state index contributed by atoms with van der Waals surface area (Å²) in [6.07, 6.45) is 3.59. The maximum absolute atomic E-state index is 5.17. The van der Waals surface area contributed by atoms with E-state index in [1.54, 1.807) is 6.20 Å². The SMILES string of the molecule is c1ccc(-c2cc(-c3ccc(-c4nc(-c5ccccc5)cc(-c5ccccc5)n4)cn3)nc(-c3cc(-c4nc(-c5ccccc5)nc(-c5ccccc5)n4)ccn3)c2)cc1. The lowest BCUT2D eigenvalue weighted by molar-refractivity contribution is 1.07. The minimum Gasteiger partial charge on any atom is -0.255 e. The fourth-order valence-electron chi connectivity index (χ4n) is 7.01. The molecule has 5 aromatic carbocycles. The van der Waals surface area contributed by atoms with Gasteiger partial charge in [-0.2, -0.15) is 0 Å². The molecule has 0 saturated heterocycles. The molecular weight excluding hydrogens is 737 g/mol. The zero-order valence-corrected chi connectivity index (χ0v) is 32.2. The van der Waals surface area contributed by atoms with Crippen molar-refractivity contribution in [3.05, 3.63) is 207 Å². The average molecular weight is 771 g/mol. The molecule has 0 radical (unpaired) electrons. The third-order valence-corrected chi connectivity index (χ3v) is 10.1. The molecule has 8 nitrogen and oxygen atoms in total. The van der Waals surface area contributed by atoms with Crippen molar-refractivity contribution < 1.29 is 0 Å². The molecule has 10 rings (SSSR count). The molecule has 0 aliphatic carbocycles. The lowest BCUT2D eigenvalue weighted by Crippen LogP contribution is -2.01. The quantitative estimate of drug-likeness (QED) is 0.143. The van der Waals surface area contributed by atoms with Crippen molar-refractivity contribution in [1.82, 2.24) is 39.9 Å². The van der Waals surface area contributed by atoms with Crippen LogP contribution in [0.25, 0.3) is 102 Å². The molecular formula is C52H34N8. The number of hydrogen-bond acceptors (Lipinski definition) is 8. The molecule has 0 aliphatic heterocycles. The van der Waals surface area contributed by atoms with Crippen LogP contribution >= 0.6 is 0 Å². The fraction of sp³-hybridized carbons (Fsp3) is 0. The zero-order chi connectivity index (χ0) is 40.1. The van der Waals surface area contributed by atoms with Crippen LogP contribution in [0, 0.1) is 0 Å². The van der Waals surface area contributed by atoms with Crippen LogP contribution in [-0.4, -0.2) is 39.9 Å². The summed E-state index contributed by atoms with van der Waals surface area (Å²) in [6, 6.07) is 64.5. The van der Waals surface area contributed by atoms with Crippen molar-refractivity contribution in [2.75, 3.05) is 0 Å². The van der Waals surface area contributed by atoms with Gasteiger partial charge < -0.3 is 0 Å². The van der Waals surface area contributed by atoms with Crippen molar-refractivity contribution in [2.24, 2.45) is 0 Å². The van der Waals surface area contributed by atoms with Gasteiger partial charge in [-0.05, 0) is 53.6 Å². The maximum atomic E-state index is 5.17. The first-order valence-corrected chi connectivity index (χ1v) is 19.6. The molecule has 0 amide bonds. The summed E-state index contributed by atoms with van der Waals surface area (Å²) in [5.74, 6) is 2.31. The molecule has 0 aliphatic rings. The Kier molecular flexibility index (Phi) is 9.75. The van der Waals surface area contributed by atoms with Crippen molar-refractivity contribution in [2.45, 2.75) is 0 Å². The summed E-state index contributed by atoms with van der Waals surface area (Å²) in [5.41, 5.74) is 11.9. The smallest absolute Gasteiger partial charge is 0.164 e. The number of pyridine rings is 3. The summed E-state index contributed by atoms with van der Waals surface area (Å²) in [5, 5.41) is 0. The van der Waals surface area contributed by atoms with Crippen molar-refractivity contribution >= 4 is 0 Å². The lowest BCUT2D eigenvalue weighted by Gasteiger charge is -2.12. The molecule has 0 bridgehead atoms. The molecule has 5 aromatic heterocycles. The van der Waals surface area contributed by atoms with E-state index in [1.807, 2.05) is 152 Å². The zero-order valence-electron chi connectivity index (χ0n) is 32.2. The number of benzene rings is 5. The fourth-order valence-corrected chi connectivity index (χ4v) is 7.01. The summed E-state index contributed by atoms with van der Waals surface area (Å²) >= 11 is 0. The molecule has 0 unspecified atom stereocenters. The average Bonchev–Trinajstić information content (AvgIpc) is 3.35. The molecule has 8 heteroatoms. The first-order chi connectivity index (χ1) is 29.7. The summed E-state index contributed by atoms with van der Waals surface area (Å²) in [7, 11) is 0. The van der Waals surface area contributed by atoms with E-state index in [9.17, 15) is 0 Å². The number of nitrogens with zero attached hydrogens (tertiary/aromatic N) is 8. The molecule has 10 aromatic rings. The van der Waals surface area contributed by atoms with Gasteiger partial charge in [-0.1, -0.05) is 152 Å². The number of hydrogen-bond donors (Lipinski definition) is 0. The first kappa shape index (κ1) is 36.0. The van der Waals surface area contributed by atoms with Crippen molar-refractivity contribution in [3.63, 3.8) is 0 Å². The highest BCUT2D eigenvalue weighted by atomic mass is 15.0. The van der Waals surface area contributed by atoms with Gasteiger partial charge in [0.2, 0.25) is 0 Å². The minimum atomic E-state index is 0.539. The normalized spacial score (nSPS) is 11.0. The summed E-state index contributed by atoms with van der Waals surface area (Å²) in [4.78, 5) is 39.7. The van der Waals surface area contributed by atoms with Gasteiger partial charge in [0, 0.05) is 45.8 Å². The molecule has 0 spiro atoms. The highest BCUT2D eigenvalue weighted by Crippen LogP contribution is 2.33. The predicted octanol–water partition coefficient (Wildman–Crippen LogP) is 11.8. The van der Waals surface area contributed by atoms with Gasteiger partial charge in [0.25, 0.3) is 0 Å². The van der Waals surface area contributed by atoms with E-state index in [-0.39, 0.29) is 0 Å². The largest absolute Gasteiger partial charge is 0.255 e. The van der Waals surface area contributed by atoms with E-state index in [0.717, 1.165) is 55.9 Å². The second-order valence-corrected chi connectivity index (χ2v) is 14.1. The Labute approximate surface area is 347 Å². The number of aromatic nitrogens is 8. The highest BCUT2D eigenvalue weighted by molar-refractivity contribution is 5.77. The summed E-state index contributed by atoms with van der Waals surface area (Å²) < 4.78 is 0. The lowest BCUT2D eigenvalue weighted by atomic mass is 10.0. The second-order valence-electron chi connectivity index (χ2n) is 14.1. The minimum absolute atomic E-state index is 0.539. The van der Waals surface area contributed by atoms with Crippen LogP contribution in [0.2, 0.25) is 0 Å². The molecule has 60 heavy (non-hydrogen) atoms.